The van der Waals surface area contributed by atoms with Crippen LogP contribution in [0.15, 0.2) is 0 Å². The maximum atomic E-state index is 4.95. The lowest BCUT2D eigenvalue weighted by Crippen LogP contribution is -2.32. The third-order valence-electron chi connectivity index (χ3n) is 4.53. The van der Waals surface area contributed by atoms with E-state index >= 15 is 0 Å². The average Bonchev–Trinajstić information content (AvgIpc) is 3.22. The molecule has 4 heteroatoms. The summed E-state index contributed by atoms with van der Waals surface area (Å²) in [7, 11) is 0. The second kappa shape index (κ2) is 6.44. The minimum atomic E-state index is 0.651. The zero-order valence-corrected chi connectivity index (χ0v) is 13.6. The van der Waals surface area contributed by atoms with Crippen molar-refractivity contribution in [2.75, 3.05) is 11.4 Å². The number of hydrogen-bond acceptors (Lipinski definition) is 4. The molecule has 1 saturated carbocycles. The molecule has 112 valence electrons. The lowest BCUT2D eigenvalue weighted by atomic mass is 10.1. The van der Waals surface area contributed by atoms with Crippen molar-refractivity contribution in [3.8, 4) is 0 Å². The van der Waals surface area contributed by atoms with Crippen LogP contribution in [0.2, 0.25) is 0 Å². The third-order valence-corrected chi connectivity index (χ3v) is 5.66. The van der Waals surface area contributed by atoms with Gasteiger partial charge in [-0.25, -0.2) is 4.98 Å². The normalized spacial score (nSPS) is 23.9. The summed E-state index contributed by atoms with van der Waals surface area (Å²) < 4.78 is 0. The fraction of sp³-hybridized carbons (Fsp3) is 0.812. The van der Waals surface area contributed by atoms with Crippen LogP contribution in [-0.2, 0) is 13.0 Å². The summed E-state index contributed by atoms with van der Waals surface area (Å²) in [4.78, 5) is 8.96. The van der Waals surface area contributed by atoms with Gasteiger partial charge >= 0.3 is 0 Å². The SMILES string of the molecule is CCc1nc(N2CCCCCC2C)sc1CNC1CC1. The lowest BCUT2D eigenvalue weighted by molar-refractivity contribution is 0.614. The van der Waals surface area contributed by atoms with Crippen LogP contribution in [0.1, 0.15) is 62.9 Å². The van der Waals surface area contributed by atoms with Crippen LogP contribution < -0.4 is 10.2 Å². The van der Waals surface area contributed by atoms with Gasteiger partial charge in [-0.15, -0.1) is 11.3 Å². The number of nitrogens with one attached hydrogen (secondary N) is 1. The van der Waals surface area contributed by atoms with E-state index in [2.05, 4.69) is 24.1 Å². The molecule has 1 atom stereocenters. The summed E-state index contributed by atoms with van der Waals surface area (Å²) in [5, 5.41) is 4.91. The van der Waals surface area contributed by atoms with Crippen LogP contribution >= 0.6 is 11.3 Å². The van der Waals surface area contributed by atoms with Gasteiger partial charge in [0.1, 0.15) is 0 Å². The van der Waals surface area contributed by atoms with E-state index in [0.29, 0.717) is 6.04 Å². The molecule has 2 aliphatic rings. The number of anilines is 1. The molecular weight excluding hydrogens is 266 g/mol. The van der Waals surface area contributed by atoms with Crippen molar-refractivity contribution in [1.82, 2.24) is 10.3 Å². The van der Waals surface area contributed by atoms with Crippen molar-refractivity contribution in [3.05, 3.63) is 10.6 Å². The Balaban J connectivity index is 1.73. The van der Waals surface area contributed by atoms with Gasteiger partial charge in [0.2, 0.25) is 0 Å². The van der Waals surface area contributed by atoms with Crippen LogP contribution in [0, 0.1) is 0 Å². The van der Waals surface area contributed by atoms with E-state index in [1.807, 2.05) is 11.3 Å². The summed E-state index contributed by atoms with van der Waals surface area (Å²) in [6.07, 6.45) is 9.16. The first kappa shape index (κ1) is 14.3. The van der Waals surface area contributed by atoms with E-state index in [9.17, 15) is 0 Å². The highest BCUT2D eigenvalue weighted by Crippen LogP contribution is 2.31. The van der Waals surface area contributed by atoms with Crippen molar-refractivity contribution < 1.29 is 0 Å². The van der Waals surface area contributed by atoms with E-state index in [1.54, 1.807) is 0 Å². The van der Waals surface area contributed by atoms with Gasteiger partial charge in [0, 0.05) is 30.1 Å². The highest BCUT2D eigenvalue weighted by Gasteiger charge is 2.24. The molecule has 3 rings (SSSR count). The van der Waals surface area contributed by atoms with Crippen LogP contribution in [0.25, 0.3) is 0 Å². The smallest absolute Gasteiger partial charge is 0.186 e. The molecule has 2 fully saturated rings. The van der Waals surface area contributed by atoms with Crippen molar-refractivity contribution in [2.24, 2.45) is 0 Å². The Morgan fingerprint density at radius 1 is 1.25 bits per heavy atom. The molecule has 2 heterocycles. The summed E-state index contributed by atoms with van der Waals surface area (Å²) in [5.41, 5.74) is 1.31. The van der Waals surface area contributed by atoms with E-state index in [4.69, 9.17) is 4.98 Å². The second-order valence-electron chi connectivity index (χ2n) is 6.27. The fourth-order valence-corrected chi connectivity index (χ4v) is 4.22. The Morgan fingerprint density at radius 2 is 2.10 bits per heavy atom. The third kappa shape index (κ3) is 3.34. The summed E-state index contributed by atoms with van der Waals surface area (Å²) >= 11 is 1.93. The van der Waals surface area contributed by atoms with Gasteiger partial charge in [-0.2, -0.15) is 0 Å². The minimum absolute atomic E-state index is 0.651. The fourth-order valence-electron chi connectivity index (χ4n) is 2.99. The van der Waals surface area contributed by atoms with Gasteiger partial charge < -0.3 is 10.2 Å². The number of hydrogen-bond donors (Lipinski definition) is 1. The highest BCUT2D eigenvalue weighted by molar-refractivity contribution is 7.15. The standard InChI is InChI=1S/C16H27N3S/c1-3-14-15(11-17-13-8-9-13)20-16(18-14)19-10-6-4-5-7-12(19)2/h12-13,17H,3-11H2,1-2H3. The van der Waals surface area contributed by atoms with E-state index in [0.717, 1.165) is 19.0 Å². The monoisotopic (exact) mass is 293 g/mol. The molecule has 0 bridgehead atoms. The van der Waals surface area contributed by atoms with E-state index in [-0.39, 0.29) is 0 Å². The lowest BCUT2D eigenvalue weighted by Gasteiger charge is -2.26. The largest absolute Gasteiger partial charge is 0.345 e. The van der Waals surface area contributed by atoms with Crippen molar-refractivity contribution >= 4 is 16.5 Å². The van der Waals surface area contributed by atoms with Gasteiger partial charge in [0.25, 0.3) is 0 Å². The van der Waals surface area contributed by atoms with Gasteiger partial charge in [-0.3, -0.25) is 0 Å². The van der Waals surface area contributed by atoms with Crippen molar-refractivity contribution in [3.63, 3.8) is 0 Å². The molecule has 20 heavy (non-hydrogen) atoms. The van der Waals surface area contributed by atoms with Gasteiger partial charge in [0.15, 0.2) is 5.13 Å². The molecule has 1 aliphatic carbocycles. The predicted octanol–water partition coefficient (Wildman–Crippen LogP) is 3.73. The van der Waals surface area contributed by atoms with Crippen LogP contribution in [0.3, 0.4) is 0 Å². The molecule has 1 aliphatic heterocycles. The van der Waals surface area contributed by atoms with E-state index in [1.165, 1.54) is 60.8 Å². The molecule has 0 amide bonds. The Morgan fingerprint density at radius 3 is 2.85 bits per heavy atom. The number of thiazole rings is 1. The molecular formula is C16H27N3S. The zero-order chi connectivity index (χ0) is 13.9. The molecule has 1 saturated heterocycles. The van der Waals surface area contributed by atoms with Crippen molar-refractivity contribution in [2.45, 2.75) is 77.4 Å². The predicted molar refractivity (Wildman–Crippen MR) is 86.6 cm³/mol. The zero-order valence-electron chi connectivity index (χ0n) is 12.8. The molecule has 3 nitrogen and oxygen atoms in total. The maximum Gasteiger partial charge on any atom is 0.186 e. The quantitative estimate of drug-likeness (QED) is 0.896. The molecule has 1 N–H and O–H groups in total. The summed E-state index contributed by atoms with van der Waals surface area (Å²) in [6, 6.07) is 1.43. The first-order chi connectivity index (χ1) is 9.78. The molecule has 1 unspecified atom stereocenters. The van der Waals surface area contributed by atoms with Crippen molar-refractivity contribution in [1.29, 1.82) is 0 Å². The molecule has 0 aromatic carbocycles. The Bertz CT molecular complexity index is 439. The van der Waals surface area contributed by atoms with Crippen LogP contribution in [-0.4, -0.2) is 23.6 Å². The molecule has 0 radical (unpaired) electrons. The number of aryl methyl sites for hydroxylation is 1. The molecule has 0 spiro atoms. The average molecular weight is 293 g/mol. The molecule has 1 aromatic rings. The number of nitrogens with zero attached hydrogens (tertiary/aromatic N) is 2. The van der Waals surface area contributed by atoms with Gasteiger partial charge in [-0.1, -0.05) is 19.8 Å². The van der Waals surface area contributed by atoms with Crippen LogP contribution in [0.5, 0.6) is 0 Å². The minimum Gasteiger partial charge on any atom is -0.345 e. The summed E-state index contributed by atoms with van der Waals surface area (Å²) in [5.74, 6) is 0. The number of rotatable bonds is 5. The Hall–Kier alpha value is -0.610. The van der Waals surface area contributed by atoms with E-state index < -0.39 is 0 Å². The van der Waals surface area contributed by atoms with Gasteiger partial charge in [0.05, 0.1) is 5.69 Å². The maximum absolute atomic E-state index is 4.95. The van der Waals surface area contributed by atoms with Crippen LogP contribution in [0.4, 0.5) is 5.13 Å². The second-order valence-corrected chi connectivity index (χ2v) is 7.33. The number of aromatic nitrogens is 1. The van der Waals surface area contributed by atoms with Gasteiger partial charge in [-0.05, 0) is 39.0 Å². The Kier molecular flexibility index (Phi) is 4.61. The first-order valence-corrected chi connectivity index (χ1v) is 9.08. The summed E-state index contributed by atoms with van der Waals surface area (Å²) in [6.45, 7) is 6.80. The first-order valence-electron chi connectivity index (χ1n) is 8.26. The highest BCUT2D eigenvalue weighted by atomic mass is 32.1. The Labute approximate surface area is 126 Å². The topological polar surface area (TPSA) is 28.2 Å². The molecule has 1 aromatic heterocycles.